The van der Waals surface area contributed by atoms with Crippen molar-refractivity contribution in [2.45, 2.75) is 6.42 Å². The minimum atomic E-state index is 0.880. The van der Waals surface area contributed by atoms with Crippen LogP contribution in [0.4, 0.5) is 0 Å². The van der Waals surface area contributed by atoms with Gasteiger partial charge >= 0.3 is 0 Å². The third-order valence-electron chi connectivity index (χ3n) is 2.65. The van der Waals surface area contributed by atoms with Crippen LogP contribution in [0.1, 0.15) is 6.42 Å². The molecule has 0 atom stereocenters. The summed E-state index contributed by atoms with van der Waals surface area (Å²) < 4.78 is 5.67. The molecule has 1 aromatic carbocycles. The molecule has 0 bridgehead atoms. The summed E-state index contributed by atoms with van der Waals surface area (Å²) in [5.41, 5.74) is 1.12. The molecule has 0 N–H and O–H groups in total. The van der Waals surface area contributed by atoms with Gasteiger partial charge < -0.3 is 4.74 Å². The zero-order valence-corrected chi connectivity index (χ0v) is 8.76. The molecule has 2 nitrogen and oxygen atoms in total. The molecule has 1 aliphatic heterocycles. The van der Waals surface area contributed by atoms with E-state index in [0.29, 0.717) is 0 Å². The van der Waals surface area contributed by atoms with Crippen LogP contribution in [0.25, 0.3) is 6.26 Å². The molecule has 1 aromatic rings. The van der Waals surface area contributed by atoms with Gasteiger partial charge in [-0.2, -0.15) is 0 Å². The number of benzene rings is 1. The van der Waals surface area contributed by atoms with Crippen molar-refractivity contribution in [1.29, 1.82) is 0 Å². The monoisotopic (exact) mass is 209 g/mol. The number of allylic oxidation sites excluding steroid dienone is 4. The zero-order valence-electron chi connectivity index (χ0n) is 8.76. The molecular formula is C14H11NO. The average Bonchev–Trinajstić information content (AvgIpc) is 2.32. The number of para-hydroxylation sites is 1. The number of fused-ring (bicyclic) bond motifs is 2. The summed E-state index contributed by atoms with van der Waals surface area (Å²) in [7, 11) is 0. The van der Waals surface area contributed by atoms with E-state index in [9.17, 15) is 0 Å². The van der Waals surface area contributed by atoms with Gasteiger partial charge in [0.1, 0.15) is 12.0 Å². The van der Waals surface area contributed by atoms with Crippen molar-refractivity contribution < 1.29 is 4.74 Å². The van der Waals surface area contributed by atoms with Gasteiger partial charge in [-0.1, -0.05) is 24.3 Å². The van der Waals surface area contributed by atoms with Crippen molar-refractivity contribution in [2.75, 3.05) is 0 Å². The van der Waals surface area contributed by atoms with Crippen molar-refractivity contribution in [1.82, 2.24) is 0 Å². The highest BCUT2D eigenvalue weighted by atomic mass is 16.5. The van der Waals surface area contributed by atoms with E-state index in [0.717, 1.165) is 28.3 Å². The Morgan fingerprint density at radius 1 is 1.19 bits per heavy atom. The van der Waals surface area contributed by atoms with Gasteiger partial charge in [0.05, 0.1) is 5.36 Å². The number of hydrogen-bond donors (Lipinski definition) is 0. The summed E-state index contributed by atoms with van der Waals surface area (Å²) in [5, 5.41) is 1.96. The Balaban J connectivity index is 2.21. The van der Waals surface area contributed by atoms with Gasteiger partial charge in [0.15, 0.2) is 0 Å². The van der Waals surface area contributed by atoms with E-state index in [1.54, 1.807) is 6.26 Å². The Morgan fingerprint density at radius 2 is 2.12 bits per heavy atom. The van der Waals surface area contributed by atoms with Gasteiger partial charge in [-0.15, -0.1) is 0 Å². The maximum absolute atomic E-state index is 5.67. The lowest BCUT2D eigenvalue weighted by atomic mass is 10.1. The van der Waals surface area contributed by atoms with Crippen molar-refractivity contribution in [3.63, 3.8) is 0 Å². The van der Waals surface area contributed by atoms with Crippen LogP contribution < -0.4 is 10.6 Å². The molecule has 0 unspecified atom stereocenters. The first-order chi connectivity index (χ1) is 7.93. The molecule has 0 fully saturated rings. The topological polar surface area (TPSA) is 21.6 Å². The summed E-state index contributed by atoms with van der Waals surface area (Å²) in [6.45, 7) is 0. The number of ether oxygens (including phenoxy) is 1. The molecule has 16 heavy (non-hydrogen) atoms. The highest BCUT2D eigenvalue weighted by Crippen LogP contribution is 2.21. The second-order valence-electron chi connectivity index (χ2n) is 3.74. The SMILES string of the molecule is C1=CC/C2=C/N=c3/cccc/c3=C/OC2=C1. The summed E-state index contributed by atoms with van der Waals surface area (Å²) in [6, 6.07) is 7.94. The van der Waals surface area contributed by atoms with E-state index in [-0.39, 0.29) is 0 Å². The Bertz CT molecular complexity index is 620. The first-order valence-corrected chi connectivity index (χ1v) is 5.29. The number of rotatable bonds is 0. The van der Waals surface area contributed by atoms with Gasteiger partial charge in [-0.05, 0) is 24.6 Å². The fourth-order valence-electron chi connectivity index (χ4n) is 1.77. The van der Waals surface area contributed by atoms with Crippen LogP contribution in [0.15, 0.2) is 65.0 Å². The molecule has 0 aromatic heterocycles. The first kappa shape index (κ1) is 9.16. The van der Waals surface area contributed by atoms with E-state index >= 15 is 0 Å². The normalized spacial score (nSPS) is 24.8. The smallest absolute Gasteiger partial charge is 0.131 e. The van der Waals surface area contributed by atoms with Crippen molar-refractivity contribution in [3.8, 4) is 0 Å². The predicted molar refractivity (Wildman–Crippen MR) is 62.7 cm³/mol. The molecule has 1 heterocycles. The van der Waals surface area contributed by atoms with Crippen LogP contribution in [0.2, 0.25) is 0 Å². The lowest BCUT2D eigenvalue weighted by molar-refractivity contribution is 0.409. The molecule has 0 amide bonds. The van der Waals surface area contributed by atoms with Gasteiger partial charge in [0, 0.05) is 17.0 Å². The second-order valence-corrected chi connectivity index (χ2v) is 3.74. The summed E-state index contributed by atoms with van der Waals surface area (Å²) in [5.74, 6) is 0.890. The minimum absolute atomic E-state index is 0.880. The van der Waals surface area contributed by atoms with Crippen LogP contribution in [0.3, 0.4) is 0 Å². The zero-order chi connectivity index (χ0) is 10.8. The molecule has 0 radical (unpaired) electrons. The lowest BCUT2D eigenvalue weighted by Gasteiger charge is -2.12. The standard InChI is InChI=1S/C14H11NO/c1-3-7-13-12(6-1)10-16-14-8-4-2-5-11(14)9-15-13/h1-4,6-10H,5H2/b11-9-,12-10-,15-13-. The molecule has 0 spiro atoms. The van der Waals surface area contributed by atoms with E-state index in [1.807, 2.05) is 42.6 Å². The largest absolute Gasteiger partial charge is 0.464 e. The Kier molecular flexibility index (Phi) is 2.18. The Labute approximate surface area is 93.6 Å². The second kappa shape index (κ2) is 3.81. The number of nitrogens with zero attached hydrogens (tertiary/aromatic N) is 1. The van der Waals surface area contributed by atoms with Crippen LogP contribution in [0, 0.1) is 0 Å². The van der Waals surface area contributed by atoms with Gasteiger partial charge in [0.25, 0.3) is 0 Å². The summed E-state index contributed by atoms with van der Waals surface area (Å²) in [6.07, 6.45) is 10.6. The molecule has 2 aliphatic rings. The predicted octanol–water partition coefficient (Wildman–Crippen LogP) is 1.80. The van der Waals surface area contributed by atoms with Crippen molar-refractivity contribution in [2.24, 2.45) is 4.99 Å². The summed E-state index contributed by atoms with van der Waals surface area (Å²) >= 11 is 0. The third-order valence-corrected chi connectivity index (χ3v) is 2.65. The molecular weight excluding hydrogens is 198 g/mol. The maximum atomic E-state index is 5.67. The maximum Gasteiger partial charge on any atom is 0.131 e. The first-order valence-electron chi connectivity index (χ1n) is 5.29. The molecule has 0 saturated heterocycles. The van der Waals surface area contributed by atoms with Crippen molar-refractivity contribution in [3.05, 3.63) is 70.6 Å². The fourth-order valence-corrected chi connectivity index (χ4v) is 1.77. The molecule has 78 valence electrons. The third kappa shape index (κ3) is 1.58. The van der Waals surface area contributed by atoms with Crippen LogP contribution in [-0.2, 0) is 4.74 Å². The molecule has 2 heteroatoms. The van der Waals surface area contributed by atoms with Crippen molar-refractivity contribution >= 4 is 6.26 Å². The van der Waals surface area contributed by atoms with E-state index < -0.39 is 0 Å². The molecule has 3 rings (SSSR count). The Morgan fingerprint density at radius 3 is 3.12 bits per heavy atom. The quantitative estimate of drug-likeness (QED) is 0.638. The average molecular weight is 209 g/mol. The van der Waals surface area contributed by atoms with E-state index in [2.05, 4.69) is 11.1 Å². The minimum Gasteiger partial charge on any atom is -0.464 e. The van der Waals surface area contributed by atoms with Gasteiger partial charge in [-0.25, -0.2) is 0 Å². The Hall–Kier alpha value is -2.09. The summed E-state index contributed by atoms with van der Waals surface area (Å²) in [4.78, 5) is 4.48. The van der Waals surface area contributed by atoms with E-state index in [1.165, 1.54) is 0 Å². The highest BCUT2D eigenvalue weighted by molar-refractivity contribution is 5.38. The van der Waals surface area contributed by atoms with Crippen LogP contribution in [-0.4, -0.2) is 0 Å². The fraction of sp³-hybridized carbons (Fsp3) is 0.0714. The van der Waals surface area contributed by atoms with Gasteiger partial charge in [0.2, 0.25) is 0 Å². The van der Waals surface area contributed by atoms with E-state index in [4.69, 9.17) is 4.74 Å². The van der Waals surface area contributed by atoms with Crippen LogP contribution >= 0.6 is 0 Å². The molecule has 1 aliphatic carbocycles. The van der Waals surface area contributed by atoms with Gasteiger partial charge in [-0.3, -0.25) is 4.99 Å². The highest BCUT2D eigenvalue weighted by Gasteiger charge is 2.08. The number of hydrogen-bond acceptors (Lipinski definition) is 2. The molecule has 0 saturated carbocycles. The van der Waals surface area contributed by atoms with Crippen LogP contribution in [0.5, 0.6) is 0 Å². The lowest BCUT2D eigenvalue weighted by Crippen LogP contribution is -2.25.